The number of nitriles is 1. The predicted octanol–water partition coefficient (Wildman–Crippen LogP) is 4.84. The van der Waals surface area contributed by atoms with Gasteiger partial charge in [-0.3, -0.25) is 14.2 Å². The Morgan fingerprint density at radius 3 is 2.41 bits per heavy atom. The normalized spacial score (nSPS) is 10.9. The quantitative estimate of drug-likeness (QED) is 0.344. The Morgan fingerprint density at radius 2 is 1.76 bits per heavy atom. The number of aromatic hydroxyl groups is 1. The van der Waals surface area contributed by atoms with Crippen LogP contribution in [0.25, 0.3) is 11.0 Å². The Morgan fingerprint density at radius 1 is 1.05 bits per heavy atom. The largest absolute Gasteiger partial charge is 0.494 e. The number of fused-ring (bicyclic) bond motifs is 1. The molecule has 2 heterocycles. The highest BCUT2D eigenvalue weighted by Gasteiger charge is 2.28. The molecule has 0 aliphatic heterocycles. The zero-order valence-electron chi connectivity index (χ0n) is 21.5. The van der Waals surface area contributed by atoms with E-state index in [2.05, 4.69) is 0 Å². The summed E-state index contributed by atoms with van der Waals surface area (Å²) in [6, 6.07) is 13.0. The van der Waals surface area contributed by atoms with Crippen molar-refractivity contribution in [2.24, 2.45) is 0 Å². The molecule has 4 aromatic rings. The van der Waals surface area contributed by atoms with Crippen molar-refractivity contribution in [3.05, 3.63) is 85.9 Å². The summed E-state index contributed by atoms with van der Waals surface area (Å²) >= 11 is 0. The van der Waals surface area contributed by atoms with E-state index in [0.29, 0.717) is 29.1 Å². The molecule has 0 saturated heterocycles. The number of nitrogens with zero attached hydrogens (tertiary/aromatic N) is 2. The molecule has 0 spiro atoms. The van der Waals surface area contributed by atoms with Crippen LogP contribution in [-0.2, 0) is 19.4 Å². The Kier molecular flexibility index (Phi) is 7.07. The van der Waals surface area contributed by atoms with Crippen LogP contribution in [0.1, 0.15) is 50.9 Å². The lowest BCUT2D eigenvalue weighted by molar-refractivity contribution is 0.101. The molecular formula is C29H28N2O6. The number of aromatic nitrogens is 1. The van der Waals surface area contributed by atoms with Crippen LogP contribution in [0.15, 0.2) is 45.6 Å². The Bertz CT molecular complexity index is 1620. The fourth-order valence-corrected chi connectivity index (χ4v) is 4.53. The van der Waals surface area contributed by atoms with E-state index in [0.717, 1.165) is 27.5 Å². The second-order valence-electron chi connectivity index (χ2n) is 8.78. The monoisotopic (exact) mass is 500 g/mol. The van der Waals surface area contributed by atoms with Gasteiger partial charge in [-0.25, -0.2) is 0 Å². The summed E-state index contributed by atoms with van der Waals surface area (Å²) in [6.45, 7) is 5.34. The molecule has 37 heavy (non-hydrogen) atoms. The fraction of sp³-hybridized carbons (Fsp3) is 0.276. The first kappa shape index (κ1) is 25.6. The summed E-state index contributed by atoms with van der Waals surface area (Å²) < 4.78 is 17.5. The molecule has 0 unspecified atom stereocenters. The molecule has 1 N–H and O–H groups in total. The number of furan rings is 1. The molecule has 0 aliphatic carbocycles. The lowest BCUT2D eigenvalue weighted by Gasteiger charge is -2.16. The van der Waals surface area contributed by atoms with Crippen molar-refractivity contribution < 1.29 is 23.8 Å². The van der Waals surface area contributed by atoms with Gasteiger partial charge in [-0.1, -0.05) is 19.1 Å². The molecule has 0 atom stereocenters. The average molecular weight is 501 g/mol. The van der Waals surface area contributed by atoms with Crippen molar-refractivity contribution in [3.8, 4) is 23.4 Å². The van der Waals surface area contributed by atoms with E-state index in [9.17, 15) is 20.0 Å². The van der Waals surface area contributed by atoms with Gasteiger partial charge in [0, 0.05) is 17.5 Å². The number of ketones is 1. The first-order chi connectivity index (χ1) is 17.7. The zero-order valence-corrected chi connectivity index (χ0v) is 21.5. The van der Waals surface area contributed by atoms with Crippen LogP contribution in [0.4, 0.5) is 0 Å². The molecule has 0 bridgehead atoms. The van der Waals surface area contributed by atoms with E-state index in [4.69, 9.17) is 13.9 Å². The van der Waals surface area contributed by atoms with Crippen molar-refractivity contribution >= 4 is 16.8 Å². The van der Waals surface area contributed by atoms with Crippen LogP contribution in [0.5, 0.6) is 17.4 Å². The number of hydrogen-bond donors (Lipinski definition) is 1. The van der Waals surface area contributed by atoms with Gasteiger partial charge >= 0.3 is 0 Å². The van der Waals surface area contributed by atoms with Gasteiger partial charge < -0.3 is 19.0 Å². The van der Waals surface area contributed by atoms with Crippen LogP contribution in [0.3, 0.4) is 0 Å². The van der Waals surface area contributed by atoms with Crippen molar-refractivity contribution in [2.45, 2.75) is 40.2 Å². The molecule has 0 amide bonds. The van der Waals surface area contributed by atoms with Crippen molar-refractivity contribution in [2.75, 3.05) is 14.2 Å². The highest BCUT2D eigenvalue weighted by atomic mass is 16.5. The van der Waals surface area contributed by atoms with Gasteiger partial charge in [-0.15, -0.1) is 0 Å². The third-order valence-corrected chi connectivity index (χ3v) is 6.71. The molecule has 4 rings (SSSR count). The Labute approximate surface area is 214 Å². The van der Waals surface area contributed by atoms with E-state index >= 15 is 0 Å². The number of hydrogen-bond acceptors (Lipinski definition) is 7. The van der Waals surface area contributed by atoms with Crippen LogP contribution in [0, 0.1) is 25.2 Å². The van der Waals surface area contributed by atoms with Gasteiger partial charge in [-0.05, 0) is 67.6 Å². The van der Waals surface area contributed by atoms with Crippen molar-refractivity contribution in [1.82, 2.24) is 4.57 Å². The van der Waals surface area contributed by atoms with E-state index in [1.807, 2.05) is 37.3 Å². The topological polar surface area (TPSA) is 115 Å². The molecule has 190 valence electrons. The standard InChI is InChI=1S/C29H28N2O6/c1-6-18-7-9-22-20(13-18)17(3)27(37-22)26(32)25-16(2)21(15-30)28(33)31(29(25)34)12-11-19-8-10-23(35-4)24(14-19)36-5/h7-10,13-14,34H,6,11-12H2,1-5H3. The molecule has 8 nitrogen and oxygen atoms in total. The molecule has 8 heteroatoms. The maximum absolute atomic E-state index is 13.7. The van der Waals surface area contributed by atoms with Gasteiger partial charge in [0.15, 0.2) is 17.3 Å². The summed E-state index contributed by atoms with van der Waals surface area (Å²) in [5, 5.41) is 21.7. The van der Waals surface area contributed by atoms with Gasteiger partial charge in [-0.2, -0.15) is 5.26 Å². The number of pyridine rings is 1. The van der Waals surface area contributed by atoms with Gasteiger partial charge in [0.25, 0.3) is 5.56 Å². The van der Waals surface area contributed by atoms with E-state index in [-0.39, 0.29) is 29.0 Å². The predicted molar refractivity (Wildman–Crippen MR) is 139 cm³/mol. The van der Waals surface area contributed by atoms with Crippen LogP contribution in [-0.4, -0.2) is 29.7 Å². The SMILES string of the molecule is CCc1ccc2oc(C(=O)c3c(C)c(C#N)c(=O)n(CCc4ccc(OC)c(OC)c4)c3O)c(C)c2c1. The molecule has 0 radical (unpaired) electrons. The highest BCUT2D eigenvalue weighted by molar-refractivity contribution is 6.12. The van der Waals surface area contributed by atoms with Gasteiger partial charge in [0.2, 0.25) is 11.7 Å². The summed E-state index contributed by atoms with van der Waals surface area (Å²) in [7, 11) is 3.06. The lowest BCUT2D eigenvalue weighted by Crippen LogP contribution is -2.27. The smallest absolute Gasteiger partial charge is 0.271 e. The minimum atomic E-state index is -0.663. The maximum Gasteiger partial charge on any atom is 0.271 e. The number of methoxy groups -OCH3 is 2. The molecule has 2 aromatic carbocycles. The first-order valence-electron chi connectivity index (χ1n) is 11.9. The summed E-state index contributed by atoms with van der Waals surface area (Å²) in [5.41, 5.74) is 2.24. The number of rotatable bonds is 8. The molecular weight excluding hydrogens is 472 g/mol. The first-order valence-corrected chi connectivity index (χ1v) is 11.9. The number of carbonyl (C=O) groups excluding carboxylic acids is 1. The third kappa shape index (κ3) is 4.45. The van der Waals surface area contributed by atoms with Crippen molar-refractivity contribution in [3.63, 3.8) is 0 Å². The number of aryl methyl sites for hydroxylation is 3. The number of benzene rings is 2. The summed E-state index contributed by atoms with van der Waals surface area (Å²) in [6.07, 6.45) is 1.17. The van der Waals surface area contributed by atoms with Gasteiger partial charge in [0.05, 0.1) is 19.8 Å². The summed E-state index contributed by atoms with van der Waals surface area (Å²) in [4.78, 5) is 26.8. The fourth-order valence-electron chi connectivity index (χ4n) is 4.53. The average Bonchev–Trinajstić information content (AvgIpc) is 3.24. The number of ether oxygens (including phenoxy) is 2. The third-order valence-electron chi connectivity index (χ3n) is 6.71. The number of carbonyl (C=O) groups is 1. The molecule has 2 aromatic heterocycles. The van der Waals surface area contributed by atoms with Crippen LogP contribution < -0.4 is 15.0 Å². The highest BCUT2D eigenvalue weighted by Crippen LogP contribution is 2.32. The van der Waals surface area contributed by atoms with Crippen molar-refractivity contribution in [1.29, 1.82) is 5.26 Å². The van der Waals surface area contributed by atoms with Crippen LogP contribution >= 0.6 is 0 Å². The Balaban J connectivity index is 1.79. The molecule has 0 aliphatic rings. The van der Waals surface area contributed by atoms with Crippen LogP contribution in [0.2, 0.25) is 0 Å². The summed E-state index contributed by atoms with van der Waals surface area (Å²) in [5.74, 6) is 0.0731. The molecule has 0 fully saturated rings. The zero-order chi connectivity index (χ0) is 26.9. The lowest BCUT2D eigenvalue weighted by atomic mass is 9.98. The second-order valence-corrected chi connectivity index (χ2v) is 8.78. The van der Waals surface area contributed by atoms with E-state index in [1.54, 1.807) is 19.1 Å². The second kappa shape index (κ2) is 10.2. The molecule has 0 saturated carbocycles. The van der Waals surface area contributed by atoms with E-state index < -0.39 is 17.2 Å². The van der Waals surface area contributed by atoms with E-state index in [1.165, 1.54) is 21.1 Å². The maximum atomic E-state index is 13.7. The minimum absolute atomic E-state index is 0.0361. The Hall–Kier alpha value is -4.51. The van der Waals surface area contributed by atoms with Gasteiger partial charge in [0.1, 0.15) is 17.2 Å². The minimum Gasteiger partial charge on any atom is -0.494 e.